The quantitative estimate of drug-likeness (QED) is 0.934. The molecule has 1 atom stereocenters. The van der Waals surface area contributed by atoms with E-state index in [0.717, 1.165) is 25.1 Å². The smallest absolute Gasteiger partial charge is 0.259 e. The van der Waals surface area contributed by atoms with Crippen molar-refractivity contribution in [3.8, 4) is 5.88 Å². The van der Waals surface area contributed by atoms with Gasteiger partial charge < -0.3 is 9.64 Å². The van der Waals surface area contributed by atoms with Crippen LogP contribution in [0.3, 0.4) is 0 Å². The van der Waals surface area contributed by atoms with Crippen LogP contribution in [-0.2, 0) is 0 Å². The maximum absolute atomic E-state index is 12.7. The van der Waals surface area contributed by atoms with Gasteiger partial charge in [-0.3, -0.25) is 9.89 Å². The van der Waals surface area contributed by atoms with Crippen molar-refractivity contribution >= 4 is 5.91 Å². The molecule has 0 unspecified atom stereocenters. The lowest BCUT2D eigenvalue weighted by Crippen LogP contribution is -2.39. The van der Waals surface area contributed by atoms with Crippen LogP contribution in [0.1, 0.15) is 34.8 Å². The number of nitrogens with one attached hydrogen (secondary N) is 1. The molecule has 0 bridgehead atoms. The zero-order chi connectivity index (χ0) is 14.7. The monoisotopic (exact) mass is 286 g/mol. The molecular weight excluding hydrogens is 268 g/mol. The maximum atomic E-state index is 12.7. The van der Waals surface area contributed by atoms with Gasteiger partial charge in [-0.25, -0.2) is 4.98 Å². The summed E-state index contributed by atoms with van der Waals surface area (Å²) in [4.78, 5) is 18.6. The lowest BCUT2D eigenvalue weighted by atomic mass is 9.94. The van der Waals surface area contributed by atoms with Gasteiger partial charge in [0.25, 0.3) is 5.91 Å². The highest BCUT2D eigenvalue weighted by atomic mass is 16.5. The number of piperidine rings is 1. The van der Waals surface area contributed by atoms with Crippen LogP contribution in [0.2, 0.25) is 0 Å². The van der Waals surface area contributed by atoms with Gasteiger partial charge in [-0.05, 0) is 31.0 Å². The van der Waals surface area contributed by atoms with Crippen molar-refractivity contribution in [3.05, 3.63) is 41.9 Å². The van der Waals surface area contributed by atoms with E-state index >= 15 is 0 Å². The Morgan fingerprint density at radius 1 is 1.43 bits per heavy atom. The summed E-state index contributed by atoms with van der Waals surface area (Å²) in [5.74, 6) is 0.670. The molecule has 0 spiro atoms. The topological polar surface area (TPSA) is 71.1 Å². The van der Waals surface area contributed by atoms with Crippen molar-refractivity contribution in [3.63, 3.8) is 0 Å². The number of methoxy groups -OCH3 is 1. The Kier molecular flexibility index (Phi) is 3.85. The highest BCUT2D eigenvalue weighted by Crippen LogP contribution is 2.27. The molecule has 1 saturated heterocycles. The zero-order valence-electron chi connectivity index (χ0n) is 12.0. The number of carbonyl (C=O) groups excluding carboxylic acids is 1. The number of rotatable bonds is 3. The largest absolute Gasteiger partial charge is 0.480 e. The summed E-state index contributed by atoms with van der Waals surface area (Å²) in [6.07, 6.45) is 5.42. The minimum Gasteiger partial charge on any atom is -0.480 e. The van der Waals surface area contributed by atoms with Crippen molar-refractivity contribution in [2.45, 2.75) is 18.8 Å². The molecule has 1 N–H and O–H groups in total. The third kappa shape index (κ3) is 2.74. The van der Waals surface area contributed by atoms with Gasteiger partial charge in [0.15, 0.2) is 0 Å². The fraction of sp³-hybridized carbons (Fsp3) is 0.400. The Morgan fingerprint density at radius 2 is 2.33 bits per heavy atom. The molecule has 21 heavy (non-hydrogen) atoms. The molecule has 2 aromatic heterocycles. The predicted molar refractivity (Wildman–Crippen MR) is 77.3 cm³/mol. The lowest BCUT2D eigenvalue weighted by Gasteiger charge is -2.32. The number of likely N-dealkylation sites (tertiary alicyclic amines) is 1. The number of H-pyrrole nitrogens is 1. The molecule has 0 aromatic carbocycles. The fourth-order valence-electron chi connectivity index (χ4n) is 2.80. The van der Waals surface area contributed by atoms with Gasteiger partial charge in [0, 0.05) is 37.1 Å². The third-order valence-corrected chi connectivity index (χ3v) is 3.87. The predicted octanol–water partition coefficient (Wildman–Crippen LogP) is 1.83. The van der Waals surface area contributed by atoms with Gasteiger partial charge in [0.05, 0.1) is 7.11 Å². The highest BCUT2D eigenvalue weighted by Gasteiger charge is 2.27. The zero-order valence-corrected chi connectivity index (χ0v) is 12.0. The number of aromatic amines is 1. The molecule has 3 rings (SSSR count). The van der Waals surface area contributed by atoms with Gasteiger partial charge in [-0.2, -0.15) is 5.10 Å². The summed E-state index contributed by atoms with van der Waals surface area (Å²) in [5.41, 5.74) is 1.61. The molecule has 1 fully saturated rings. The second-order valence-electron chi connectivity index (χ2n) is 5.16. The van der Waals surface area contributed by atoms with Crippen molar-refractivity contribution < 1.29 is 9.53 Å². The number of carbonyl (C=O) groups is 1. The number of nitrogens with zero attached hydrogens (tertiary/aromatic N) is 3. The molecule has 0 radical (unpaired) electrons. The summed E-state index contributed by atoms with van der Waals surface area (Å²) in [5, 5.41) is 7.00. The number of hydrogen-bond acceptors (Lipinski definition) is 4. The first-order chi connectivity index (χ1) is 10.3. The first-order valence-electron chi connectivity index (χ1n) is 7.07. The van der Waals surface area contributed by atoms with Gasteiger partial charge in [0.1, 0.15) is 5.56 Å². The first kappa shape index (κ1) is 13.6. The molecular formula is C15H18N4O2. The van der Waals surface area contributed by atoms with E-state index in [4.69, 9.17) is 4.74 Å². The first-order valence-corrected chi connectivity index (χ1v) is 7.07. The number of aromatic nitrogens is 3. The van der Waals surface area contributed by atoms with Gasteiger partial charge >= 0.3 is 0 Å². The molecule has 1 aliphatic rings. The molecule has 1 aliphatic heterocycles. The van der Waals surface area contributed by atoms with E-state index < -0.39 is 0 Å². The summed E-state index contributed by atoms with van der Waals surface area (Å²) in [6, 6.07) is 5.49. The Balaban J connectivity index is 1.78. The lowest BCUT2D eigenvalue weighted by molar-refractivity contribution is 0.0701. The second-order valence-corrected chi connectivity index (χ2v) is 5.16. The minimum atomic E-state index is -0.0239. The molecule has 0 aliphatic carbocycles. The van der Waals surface area contributed by atoms with Crippen LogP contribution in [0.4, 0.5) is 0 Å². The molecule has 1 amide bonds. The Bertz CT molecular complexity index is 612. The van der Waals surface area contributed by atoms with Gasteiger partial charge in [-0.1, -0.05) is 0 Å². The normalized spacial score (nSPS) is 18.5. The van der Waals surface area contributed by atoms with E-state index in [2.05, 4.69) is 15.2 Å². The minimum absolute atomic E-state index is 0.0239. The Labute approximate surface area is 123 Å². The number of ether oxygens (including phenoxy) is 1. The average Bonchev–Trinajstić information content (AvgIpc) is 3.09. The SMILES string of the molecule is COc1ncccc1C(=O)N1CCC[C@H](c2ccn[nH]2)C1. The van der Waals surface area contributed by atoms with Crippen LogP contribution >= 0.6 is 0 Å². The van der Waals surface area contributed by atoms with Crippen molar-refractivity contribution in [2.24, 2.45) is 0 Å². The number of hydrogen-bond donors (Lipinski definition) is 1. The van der Waals surface area contributed by atoms with E-state index in [1.807, 2.05) is 11.0 Å². The van der Waals surface area contributed by atoms with E-state index in [1.54, 1.807) is 24.5 Å². The van der Waals surface area contributed by atoms with E-state index in [-0.39, 0.29) is 5.91 Å². The van der Waals surface area contributed by atoms with E-state index in [9.17, 15) is 4.79 Å². The van der Waals surface area contributed by atoms with Crippen LogP contribution in [0.5, 0.6) is 5.88 Å². The third-order valence-electron chi connectivity index (χ3n) is 3.87. The fourth-order valence-corrected chi connectivity index (χ4v) is 2.80. The summed E-state index contributed by atoms with van der Waals surface area (Å²) < 4.78 is 5.18. The van der Waals surface area contributed by atoms with Gasteiger partial charge in [0.2, 0.25) is 5.88 Å². The van der Waals surface area contributed by atoms with Crippen LogP contribution in [-0.4, -0.2) is 46.2 Å². The van der Waals surface area contributed by atoms with Crippen molar-refractivity contribution in [1.82, 2.24) is 20.1 Å². The second kappa shape index (κ2) is 5.95. The molecule has 3 heterocycles. The maximum Gasteiger partial charge on any atom is 0.259 e. The molecule has 6 heteroatoms. The standard InChI is InChI=1S/C15H18N4O2/c1-21-14-12(5-2-7-16-14)15(20)19-9-3-4-11(10-19)13-6-8-17-18-13/h2,5-8,11H,3-4,9-10H2,1H3,(H,17,18)/t11-/m0/s1. The van der Waals surface area contributed by atoms with Crippen molar-refractivity contribution in [2.75, 3.05) is 20.2 Å². The average molecular weight is 286 g/mol. The van der Waals surface area contributed by atoms with E-state index in [1.165, 1.54) is 7.11 Å². The van der Waals surface area contributed by atoms with Crippen LogP contribution in [0.15, 0.2) is 30.6 Å². The number of pyridine rings is 1. The molecule has 2 aromatic rings. The molecule has 110 valence electrons. The Morgan fingerprint density at radius 3 is 3.10 bits per heavy atom. The van der Waals surface area contributed by atoms with Gasteiger partial charge in [-0.15, -0.1) is 0 Å². The molecule has 0 saturated carbocycles. The summed E-state index contributed by atoms with van der Waals surface area (Å²) >= 11 is 0. The Hall–Kier alpha value is -2.37. The summed E-state index contributed by atoms with van der Waals surface area (Å²) in [7, 11) is 1.53. The summed E-state index contributed by atoms with van der Waals surface area (Å²) in [6.45, 7) is 1.46. The van der Waals surface area contributed by atoms with E-state index in [0.29, 0.717) is 23.9 Å². The van der Waals surface area contributed by atoms with Crippen LogP contribution < -0.4 is 4.74 Å². The molecule has 6 nitrogen and oxygen atoms in total. The highest BCUT2D eigenvalue weighted by molar-refractivity contribution is 5.96. The van der Waals surface area contributed by atoms with Crippen LogP contribution in [0, 0.1) is 0 Å². The number of amides is 1. The van der Waals surface area contributed by atoms with Crippen LogP contribution in [0.25, 0.3) is 0 Å². The van der Waals surface area contributed by atoms with Crippen molar-refractivity contribution in [1.29, 1.82) is 0 Å².